The molecule has 0 aliphatic carbocycles. The van der Waals surface area contributed by atoms with Gasteiger partial charge in [0.2, 0.25) is 0 Å². The van der Waals surface area contributed by atoms with Gasteiger partial charge in [-0.2, -0.15) is 8.42 Å². The van der Waals surface area contributed by atoms with Gasteiger partial charge in [-0.05, 0) is 6.42 Å². The Morgan fingerprint density at radius 3 is 2.21 bits per heavy atom. The van der Waals surface area contributed by atoms with Crippen molar-refractivity contribution in [3.8, 4) is 0 Å². The zero-order chi connectivity index (χ0) is 11.0. The number of unbranched alkanes of at least 4 members (excludes halogenated alkanes) is 4. The molecule has 0 saturated carbocycles. The van der Waals surface area contributed by atoms with Gasteiger partial charge in [0.1, 0.15) is 0 Å². The van der Waals surface area contributed by atoms with Crippen LogP contribution in [0.3, 0.4) is 0 Å². The van der Waals surface area contributed by atoms with Gasteiger partial charge in [-0.3, -0.25) is 0 Å². The molecule has 0 heterocycles. The molecule has 0 unspecified atom stereocenters. The lowest BCUT2D eigenvalue weighted by molar-refractivity contribution is -0.176. The molecule has 0 rings (SSSR count). The van der Waals surface area contributed by atoms with E-state index in [1.54, 1.807) is 0 Å². The number of hydrogen-bond donors (Lipinski definition) is 2. The average Bonchev–Trinajstić information content (AvgIpc) is 2.01. The molecule has 0 bridgehead atoms. The molecule has 6 heteroatoms. The summed E-state index contributed by atoms with van der Waals surface area (Å²) in [4.78, 5) is 0. The minimum Gasteiger partial charge on any atom is -0.345 e. The average molecular weight is 226 g/mol. The zero-order valence-corrected chi connectivity index (χ0v) is 9.16. The van der Waals surface area contributed by atoms with E-state index < -0.39 is 16.6 Å². The quantitative estimate of drug-likeness (QED) is 0.359. The summed E-state index contributed by atoms with van der Waals surface area (Å²) in [6, 6.07) is 0. The van der Waals surface area contributed by atoms with Gasteiger partial charge in [-0.1, -0.05) is 32.6 Å². The van der Waals surface area contributed by atoms with Gasteiger partial charge in [0, 0.05) is 0 Å². The molecule has 0 aliphatic rings. The maximum Gasteiger partial charge on any atom is 0.282 e. The molecule has 0 saturated heterocycles. The topological polar surface area (TPSA) is 83.8 Å². The third-order valence-electron chi connectivity index (χ3n) is 1.73. The maximum absolute atomic E-state index is 10.9. The van der Waals surface area contributed by atoms with Crippen molar-refractivity contribution in [3.05, 3.63) is 0 Å². The minimum atomic E-state index is -3.77. The third-order valence-corrected chi connectivity index (χ3v) is 2.98. The Balaban J connectivity index is 3.56. The number of aliphatic hydroxyl groups excluding tert-OH is 1. The lowest BCUT2D eigenvalue weighted by Gasteiger charge is -2.05. The Bertz CT molecular complexity index is 222. The lowest BCUT2D eigenvalue weighted by Crippen LogP contribution is -2.19. The molecule has 86 valence electrons. The molecule has 0 amide bonds. The van der Waals surface area contributed by atoms with Crippen LogP contribution in [0.25, 0.3) is 0 Å². The van der Waals surface area contributed by atoms with Gasteiger partial charge in [0.05, 0.1) is 5.75 Å². The second-order valence-corrected chi connectivity index (χ2v) is 4.81. The summed E-state index contributed by atoms with van der Waals surface area (Å²) in [5.41, 5.74) is 0. The van der Waals surface area contributed by atoms with E-state index in [2.05, 4.69) is 11.1 Å². The Morgan fingerprint density at radius 2 is 1.71 bits per heavy atom. The fourth-order valence-electron chi connectivity index (χ4n) is 1.06. The molecule has 0 spiro atoms. The molecular formula is C8H18O5S. The Labute approximate surface area is 84.8 Å². The number of rotatable bonds is 8. The van der Waals surface area contributed by atoms with Crippen molar-refractivity contribution in [2.75, 3.05) is 5.75 Å². The van der Waals surface area contributed by atoms with Crippen LogP contribution in [0.2, 0.25) is 0 Å². The van der Waals surface area contributed by atoms with Crippen molar-refractivity contribution in [3.63, 3.8) is 0 Å². The van der Waals surface area contributed by atoms with E-state index in [-0.39, 0.29) is 5.75 Å². The fourth-order valence-corrected chi connectivity index (χ4v) is 1.98. The van der Waals surface area contributed by atoms with Crippen LogP contribution in [0.15, 0.2) is 0 Å². The van der Waals surface area contributed by atoms with E-state index in [1.165, 1.54) is 0 Å². The van der Waals surface area contributed by atoms with Crippen molar-refractivity contribution in [1.82, 2.24) is 0 Å². The van der Waals surface area contributed by atoms with E-state index in [1.807, 2.05) is 0 Å². The van der Waals surface area contributed by atoms with E-state index in [0.29, 0.717) is 6.42 Å². The second kappa shape index (κ2) is 7.17. The maximum atomic E-state index is 10.9. The van der Waals surface area contributed by atoms with Crippen LogP contribution in [-0.4, -0.2) is 30.9 Å². The summed E-state index contributed by atoms with van der Waals surface area (Å²) in [5, 5.41) is 16.6. The molecule has 0 aromatic carbocycles. The Hall–Kier alpha value is -0.170. The van der Waals surface area contributed by atoms with Crippen LogP contribution in [0.4, 0.5) is 0 Å². The third kappa shape index (κ3) is 8.43. The van der Waals surface area contributed by atoms with E-state index in [9.17, 15) is 8.42 Å². The highest BCUT2D eigenvalue weighted by molar-refractivity contribution is 7.86. The van der Waals surface area contributed by atoms with Crippen molar-refractivity contribution in [2.24, 2.45) is 0 Å². The van der Waals surface area contributed by atoms with Crippen molar-refractivity contribution >= 4 is 10.1 Å². The summed E-state index contributed by atoms with van der Waals surface area (Å²) in [6.45, 7) is -0.169. The summed E-state index contributed by atoms with van der Waals surface area (Å²) < 4.78 is 25.8. The monoisotopic (exact) mass is 226 g/mol. The first-order chi connectivity index (χ1) is 6.48. The van der Waals surface area contributed by atoms with Crippen molar-refractivity contribution < 1.29 is 22.8 Å². The molecular weight excluding hydrogens is 208 g/mol. The normalized spacial score (nSPS) is 12.3. The van der Waals surface area contributed by atoms with Gasteiger partial charge < -0.3 is 10.2 Å². The van der Waals surface area contributed by atoms with Crippen LogP contribution in [0, 0.1) is 0 Å². The standard InChI is InChI=1S/C8H18O5S/c1-2-3-4-5-6-7-14(11,12)13-8(9)10/h8-10H,2-7H2,1H3. The highest BCUT2D eigenvalue weighted by Crippen LogP contribution is 2.06. The minimum absolute atomic E-state index is 0.158. The summed E-state index contributed by atoms with van der Waals surface area (Å²) in [6.07, 6.45) is 4.49. The van der Waals surface area contributed by atoms with Crippen LogP contribution in [0.1, 0.15) is 39.0 Å². The van der Waals surface area contributed by atoms with E-state index in [4.69, 9.17) is 10.2 Å². The number of hydrogen-bond acceptors (Lipinski definition) is 5. The Morgan fingerprint density at radius 1 is 1.14 bits per heavy atom. The summed E-state index contributed by atoms with van der Waals surface area (Å²) >= 11 is 0. The highest BCUT2D eigenvalue weighted by Gasteiger charge is 2.14. The van der Waals surface area contributed by atoms with Gasteiger partial charge in [0.15, 0.2) is 0 Å². The van der Waals surface area contributed by atoms with Crippen LogP contribution in [0.5, 0.6) is 0 Å². The molecule has 0 fully saturated rings. The predicted octanol–water partition coefficient (Wildman–Crippen LogP) is 0.571. The molecule has 0 aromatic rings. The predicted molar refractivity (Wildman–Crippen MR) is 51.9 cm³/mol. The first kappa shape index (κ1) is 13.8. The molecule has 0 radical (unpaired) electrons. The smallest absolute Gasteiger partial charge is 0.282 e. The molecule has 5 nitrogen and oxygen atoms in total. The fraction of sp³-hybridized carbons (Fsp3) is 1.00. The van der Waals surface area contributed by atoms with Crippen LogP contribution >= 0.6 is 0 Å². The Kier molecular flexibility index (Phi) is 7.08. The first-order valence-corrected chi connectivity index (χ1v) is 6.33. The summed E-state index contributed by atoms with van der Waals surface area (Å²) in [7, 11) is -3.77. The van der Waals surface area contributed by atoms with E-state index >= 15 is 0 Å². The van der Waals surface area contributed by atoms with Crippen molar-refractivity contribution in [1.29, 1.82) is 0 Å². The van der Waals surface area contributed by atoms with Crippen molar-refractivity contribution in [2.45, 2.75) is 45.5 Å². The van der Waals surface area contributed by atoms with Gasteiger partial charge in [-0.15, -0.1) is 0 Å². The van der Waals surface area contributed by atoms with Gasteiger partial charge in [0.25, 0.3) is 16.6 Å². The largest absolute Gasteiger partial charge is 0.345 e. The second-order valence-electron chi connectivity index (χ2n) is 3.10. The molecule has 14 heavy (non-hydrogen) atoms. The molecule has 0 aliphatic heterocycles. The van der Waals surface area contributed by atoms with E-state index in [0.717, 1.165) is 25.7 Å². The lowest BCUT2D eigenvalue weighted by atomic mass is 10.2. The molecule has 0 aromatic heterocycles. The van der Waals surface area contributed by atoms with Gasteiger partial charge >= 0.3 is 0 Å². The molecule has 2 N–H and O–H groups in total. The first-order valence-electron chi connectivity index (χ1n) is 4.75. The van der Waals surface area contributed by atoms with Gasteiger partial charge in [-0.25, -0.2) is 4.18 Å². The summed E-state index contributed by atoms with van der Waals surface area (Å²) in [5.74, 6) is -0.158. The molecule has 0 atom stereocenters. The SMILES string of the molecule is CCCCCCCS(=O)(=O)OC(O)O. The van der Waals surface area contributed by atoms with Crippen LogP contribution in [-0.2, 0) is 14.3 Å². The zero-order valence-electron chi connectivity index (χ0n) is 8.35. The number of aliphatic hydroxyl groups is 2. The van der Waals surface area contributed by atoms with Crippen LogP contribution < -0.4 is 0 Å². The highest BCUT2D eigenvalue weighted by atomic mass is 32.2.